The minimum absolute atomic E-state index is 0.246. The second kappa shape index (κ2) is 17.7. The molecule has 2 saturated heterocycles. The van der Waals surface area contributed by atoms with Crippen molar-refractivity contribution in [1.82, 2.24) is 0 Å². The molecule has 324 valence electrons. The van der Waals surface area contributed by atoms with Crippen LogP contribution >= 0.6 is 0 Å². The largest absolute Gasteiger partial charge is 0.682 e. The lowest BCUT2D eigenvalue weighted by atomic mass is 9.50. The fourth-order valence-electron chi connectivity index (χ4n) is 18.1. The van der Waals surface area contributed by atoms with Gasteiger partial charge in [-0.2, -0.15) is 0 Å². The van der Waals surface area contributed by atoms with E-state index in [-0.39, 0.29) is 22.4 Å². The third kappa shape index (κ3) is 6.90. The summed E-state index contributed by atoms with van der Waals surface area (Å²) in [6.07, 6.45) is 54.9. The lowest BCUT2D eigenvalue weighted by Crippen LogP contribution is -2.68. The molecule has 0 amide bonds. The third-order valence-electron chi connectivity index (χ3n) is 20.1. The highest BCUT2D eigenvalue weighted by Gasteiger charge is 2.86. The molecular formula is C52H88O4Si. The molecule has 0 N–H and O–H groups in total. The van der Waals surface area contributed by atoms with E-state index in [1.807, 2.05) is 0 Å². The first-order valence-corrected chi connectivity index (χ1v) is 28.6. The van der Waals surface area contributed by atoms with E-state index < -0.39 is 9.05 Å². The first-order chi connectivity index (χ1) is 28.2. The van der Waals surface area contributed by atoms with Crippen molar-refractivity contribution in [2.24, 2.45) is 47.3 Å². The SMILES string of the molecule is C1CCC(C2(C3CCCCC3)O[Si]3(OC2(C2CCCCC2)C2CCCCC2)OC(C2CCCCC2)(C2CCCCC2)C(C2CCCCC2)(C2CCCCC2)O3)CC1. The highest BCUT2D eigenvalue weighted by atomic mass is 28.4. The van der Waals surface area contributed by atoms with E-state index in [4.69, 9.17) is 17.7 Å². The third-order valence-corrected chi connectivity index (χ3v) is 22.4. The molecule has 2 aliphatic heterocycles. The fraction of sp³-hybridized carbons (Fsp3) is 1.00. The van der Waals surface area contributed by atoms with Crippen LogP contribution in [0.3, 0.4) is 0 Å². The van der Waals surface area contributed by atoms with E-state index in [1.165, 1.54) is 257 Å². The summed E-state index contributed by atoms with van der Waals surface area (Å²) >= 11 is 0. The quantitative estimate of drug-likeness (QED) is 0.229. The van der Waals surface area contributed by atoms with Gasteiger partial charge < -0.3 is 17.7 Å². The van der Waals surface area contributed by atoms with Crippen molar-refractivity contribution in [2.45, 2.75) is 279 Å². The first kappa shape index (κ1) is 41.1. The average molecular weight is 805 g/mol. The average Bonchev–Trinajstić information content (AvgIpc) is 3.79. The van der Waals surface area contributed by atoms with Crippen LogP contribution in [0.4, 0.5) is 0 Å². The van der Waals surface area contributed by atoms with Crippen molar-refractivity contribution in [1.29, 1.82) is 0 Å². The summed E-state index contributed by atoms with van der Waals surface area (Å²) in [6.45, 7) is 0. The van der Waals surface area contributed by atoms with Crippen molar-refractivity contribution < 1.29 is 17.7 Å². The van der Waals surface area contributed by atoms with Crippen LogP contribution in [0.15, 0.2) is 0 Å². The van der Waals surface area contributed by atoms with Crippen LogP contribution in [-0.4, -0.2) is 31.5 Å². The van der Waals surface area contributed by atoms with Crippen molar-refractivity contribution in [3.05, 3.63) is 0 Å². The molecule has 0 radical (unpaired) electrons. The second-order valence-corrected chi connectivity index (χ2v) is 24.6. The number of rotatable bonds is 8. The van der Waals surface area contributed by atoms with Gasteiger partial charge in [-0.05, 0) is 150 Å². The Morgan fingerprint density at radius 1 is 0.193 bits per heavy atom. The van der Waals surface area contributed by atoms with Gasteiger partial charge in [0, 0.05) is 0 Å². The predicted molar refractivity (Wildman–Crippen MR) is 234 cm³/mol. The van der Waals surface area contributed by atoms with Gasteiger partial charge in [0.1, 0.15) is 0 Å². The Hall–Kier alpha value is 0.0569. The molecule has 10 fully saturated rings. The van der Waals surface area contributed by atoms with Gasteiger partial charge in [-0.1, -0.05) is 154 Å². The van der Waals surface area contributed by atoms with Gasteiger partial charge >= 0.3 is 9.05 Å². The Labute approximate surface area is 352 Å². The zero-order valence-corrected chi connectivity index (χ0v) is 38.0. The van der Waals surface area contributed by atoms with Crippen molar-refractivity contribution in [2.75, 3.05) is 0 Å². The van der Waals surface area contributed by atoms with Gasteiger partial charge in [-0.15, -0.1) is 0 Å². The Morgan fingerprint density at radius 2 is 0.316 bits per heavy atom. The fourth-order valence-corrected chi connectivity index (χ4v) is 22.0. The Morgan fingerprint density at radius 3 is 0.439 bits per heavy atom. The predicted octanol–water partition coefficient (Wildman–Crippen LogP) is 15.1. The molecule has 57 heavy (non-hydrogen) atoms. The summed E-state index contributed by atoms with van der Waals surface area (Å²) in [5.74, 6) is 4.74. The van der Waals surface area contributed by atoms with Crippen molar-refractivity contribution in [3.63, 3.8) is 0 Å². The normalized spacial score (nSPS) is 34.5. The monoisotopic (exact) mass is 805 g/mol. The van der Waals surface area contributed by atoms with Gasteiger partial charge in [0.15, 0.2) is 0 Å². The summed E-state index contributed by atoms with van der Waals surface area (Å²) in [5, 5.41) is 0. The lowest BCUT2D eigenvalue weighted by molar-refractivity contribution is -0.202. The molecule has 8 saturated carbocycles. The van der Waals surface area contributed by atoms with Gasteiger partial charge in [0.25, 0.3) is 0 Å². The number of hydrogen-bond acceptors (Lipinski definition) is 4. The zero-order chi connectivity index (χ0) is 38.2. The minimum Gasteiger partial charge on any atom is -0.342 e. The van der Waals surface area contributed by atoms with E-state index in [0.717, 1.165) is 0 Å². The van der Waals surface area contributed by atoms with E-state index >= 15 is 0 Å². The summed E-state index contributed by atoms with van der Waals surface area (Å²) in [7, 11) is -3.68. The van der Waals surface area contributed by atoms with Crippen LogP contribution in [0.1, 0.15) is 257 Å². The van der Waals surface area contributed by atoms with Gasteiger partial charge in [-0.3, -0.25) is 0 Å². The molecule has 0 aromatic rings. The molecule has 10 aliphatic rings. The molecule has 0 aromatic heterocycles. The van der Waals surface area contributed by atoms with E-state index in [9.17, 15) is 0 Å². The Balaban J connectivity index is 1.22. The maximum Gasteiger partial charge on any atom is 0.682 e. The first-order valence-electron chi connectivity index (χ1n) is 27.0. The smallest absolute Gasteiger partial charge is 0.342 e. The molecule has 4 nitrogen and oxygen atoms in total. The number of hydrogen-bond donors (Lipinski definition) is 0. The van der Waals surface area contributed by atoms with E-state index in [0.29, 0.717) is 47.3 Å². The van der Waals surface area contributed by atoms with Crippen LogP contribution in [0.25, 0.3) is 0 Å². The van der Waals surface area contributed by atoms with E-state index in [1.54, 1.807) is 0 Å². The maximum atomic E-state index is 8.85. The minimum atomic E-state index is -3.68. The van der Waals surface area contributed by atoms with Crippen LogP contribution < -0.4 is 0 Å². The van der Waals surface area contributed by atoms with Gasteiger partial charge in [0.2, 0.25) is 0 Å². The van der Waals surface area contributed by atoms with E-state index in [2.05, 4.69) is 0 Å². The molecule has 5 heteroatoms. The molecule has 0 bridgehead atoms. The van der Waals surface area contributed by atoms with Gasteiger partial charge in [0.05, 0.1) is 22.4 Å². The Kier molecular flexibility index (Phi) is 12.7. The summed E-state index contributed by atoms with van der Waals surface area (Å²) in [4.78, 5) is 0. The van der Waals surface area contributed by atoms with Crippen molar-refractivity contribution >= 4 is 9.05 Å². The van der Waals surface area contributed by atoms with Crippen LogP contribution in [0, 0.1) is 47.3 Å². The van der Waals surface area contributed by atoms with Crippen LogP contribution in [-0.2, 0) is 17.7 Å². The molecule has 2 heterocycles. The van der Waals surface area contributed by atoms with Crippen LogP contribution in [0.5, 0.6) is 0 Å². The molecule has 0 atom stereocenters. The molecule has 0 unspecified atom stereocenters. The van der Waals surface area contributed by atoms with Crippen LogP contribution in [0.2, 0.25) is 0 Å². The molecule has 10 rings (SSSR count). The van der Waals surface area contributed by atoms with Gasteiger partial charge in [-0.25, -0.2) is 0 Å². The molecular weight excluding hydrogens is 717 g/mol. The second-order valence-electron chi connectivity index (χ2n) is 22.8. The molecule has 1 spiro atoms. The summed E-state index contributed by atoms with van der Waals surface area (Å²) in [6, 6.07) is 0. The highest BCUT2D eigenvalue weighted by Crippen LogP contribution is 2.72. The summed E-state index contributed by atoms with van der Waals surface area (Å²) in [5.41, 5.74) is -0.984. The standard InChI is InChI=1S/C52H88O4Si/c1-9-25-41(26-10-1)49(42-27-11-2-12-28-42)50(43-29-13-3-14-30-43,44-31-15-4-16-32-44)54-57(53-49)55-51(45-33-17-5-18-34-45,46-35-19-6-20-36-46)52(56-57,47-37-21-7-22-38-47)48-39-23-8-24-40-48/h41-48H,1-40H2. The van der Waals surface area contributed by atoms with Crippen molar-refractivity contribution in [3.8, 4) is 0 Å². The topological polar surface area (TPSA) is 36.9 Å². The molecule has 8 aliphatic carbocycles. The zero-order valence-electron chi connectivity index (χ0n) is 37.0. The summed E-state index contributed by atoms with van der Waals surface area (Å²) < 4.78 is 35.4. The maximum absolute atomic E-state index is 8.85. The molecule has 0 aromatic carbocycles. The Bertz CT molecular complexity index is 997. The highest BCUT2D eigenvalue weighted by molar-refractivity contribution is 6.55. The lowest BCUT2D eigenvalue weighted by Gasteiger charge is -2.60.